The highest BCUT2D eigenvalue weighted by atomic mass is 79.9. The monoisotopic (exact) mass is 293 g/mol. The van der Waals surface area contributed by atoms with E-state index in [-0.39, 0.29) is 11.8 Å². The molecule has 1 aliphatic rings. The van der Waals surface area contributed by atoms with Gasteiger partial charge >= 0.3 is 0 Å². The molecule has 4 heteroatoms. The van der Waals surface area contributed by atoms with Gasteiger partial charge in [-0.1, -0.05) is 28.1 Å². The SMILES string of the molecule is CC1=C(C)C(=O)N(Cc2cccc(Br)c2)C1=O. The number of benzene rings is 1. The molecule has 88 valence electrons. The van der Waals surface area contributed by atoms with E-state index in [1.807, 2.05) is 24.3 Å². The van der Waals surface area contributed by atoms with Crippen molar-refractivity contribution in [3.63, 3.8) is 0 Å². The normalized spacial score (nSPS) is 16.1. The first-order valence-corrected chi connectivity index (χ1v) is 6.08. The van der Waals surface area contributed by atoms with Gasteiger partial charge in [0.15, 0.2) is 0 Å². The number of hydrogen-bond donors (Lipinski definition) is 0. The highest BCUT2D eigenvalue weighted by Crippen LogP contribution is 2.22. The summed E-state index contributed by atoms with van der Waals surface area (Å²) in [6, 6.07) is 7.60. The standard InChI is InChI=1S/C13H12BrNO2/c1-8-9(2)13(17)15(12(8)16)7-10-4-3-5-11(14)6-10/h3-6H,7H2,1-2H3. The minimum absolute atomic E-state index is 0.188. The summed E-state index contributed by atoms with van der Waals surface area (Å²) in [5.41, 5.74) is 2.03. The van der Waals surface area contributed by atoms with Gasteiger partial charge in [-0.25, -0.2) is 0 Å². The average molecular weight is 294 g/mol. The van der Waals surface area contributed by atoms with Crippen molar-refractivity contribution in [1.29, 1.82) is 0 Å². The number of carbonyl (C=O) groups excluding carboxylic acids is 2. The first kappa shape index (κ1) is 12.0. The molecule has 0 unspecified atom stereocenters. The Morgan fingerprint density at radius 1 is 1.12 bits per heavy atom. The van der Waals surface area contributed by atoms with Crippen molar-refractivity contribution in [2.45, 2.75) is 20.4 Å². The number of amides is 2. The second kappa shape index (κ2) is 4.45. The Kier molecular flexibility index (Phi) is 3.15. The van der Waals surface area contributed by atoms with E-state index in [1.165, 1.54) is 4.90 Å². The van der Waals surface area contributed by atoms with E-state index in [4.69, 9.17) is 0 Å². The fourth-order valence-electron chi connectivity index (χ4n) is 1.78. The molecule has 1 aromatic rings. The van der Waals surface area contributed by atoms with Crippen molar-refractivity contribution in [1.82, 2.24) is 4.90 Å². The Bertz CT molecular complexity index is 510. The molecule has 0 spiro atoms. The minimum atomic E-state index is -0.188. The fraction of sp³-hybridized carbons (Fsp3) is 0.231. The molecule has 0 aliphatic carbocycles. The van der Waals surface area contributed by atoms with Gasteiger partial charge in [0.25, 0.3) is 11.8 Å². The van der Waals surface area contributed by atoms with E-state index in [9.17, 15) is 9.59 Å². The number of rotatable bonds is 2. The summed E-state index contributed by atoms with van der Waals surface area (Å²) in [5.74, 6) is -0.375. The Labute approximate surface area is 108 Å². The maximum atomic E-state index is 11.9. The smallest absolute Gasteiger partial charge is 0.257 e. The lowest BCUT2D eigenvalue weighted by Crippen LogP contribution is -2.30. The highest BCUT2D eigenvalue weighted by Gasteiger charge is 2.32. The fourth-order valence-corrected chi connectivity index (χ4v) is 2.23. The lowest BCUT2D eigenvalue weighted by Gasteiger charge is -2.14. The van der Waals surface area contributed by atoms with Gasteiger partial charge < -0.3 is 0 Å². The van der Waals surface area contributed by atoms with E-state index in [0.29, 0.717) is 17.7 Å². The maximum Gasteiger partial charge on any atom is 0.257 e. The molecule has 17 heavy (non-hydrogen) atoms. The van der Waals surface area contributed by atoms with Crippen molar-refractivity contribution in [2.24, 2.45) is 0 Å². The molecule has 0 radical (unpaired) electrons. The van der Waals surface area contributed by atoms with Crippen molar-refractivity contribution in [3.8, 4) is 0 Å². The van der Waals surface area contributed by atoms with E-state index < -0.39 is 0 Å². The molecule has 0 fully saturated rings. The zero-order valence-electron chi connectivity index (χ0n) is 9.66. The molecule has 0 aromatic heterocycles. The molecule has 2 rings (SSSR count). The molecule has 1 aliphatic heterocycles. The lowest BCUT2D eigenvalue weighted by molar-refractivity contribution is -0.138. The third kappa shape index (κ3) is 2.17. The predicted molar refractivity (Wildman–Crippen MR) is 68.1 cm³/mol. The van der Waals surface area contributed by atoms with Crippen LogP contribution in [0, 0.1) is 0 Å². The van der Waals surface area contributed by atoms with Gasteiger partial charge in [-0.2, -0.15) is 0 Å². The van der Waals surface area contributed by atoms with Crippen LogP contribution in [0.2, 0.25) is 0 Å². The third-order valence-electron chi connectivity index (χ3n) is 2.92. The number of halogens is 1. The molecule has 0 bridgehead atoms. The molecular formula is C13H12BrNO2. The molecule has 3 nitrogen and oxygen atoms in total. The van der Waals surface area contributed by atoms with Gasteiger partial charge in [0.1, 0.15) is 0 Å². The van der Waals surface area contributed by atoms with Crippen LogP contribution in [0.25, 0.3) is 0 Å². The molecule has 0 N–H and O–H groups in total. The summed E-state index contributed by atoms with van der Waals surface area (Å²) in [5, 5.41) is 0. The number of imide groups is 1. The zero-order chi connectivity index (χ0) is 12.6. The molecule has 1 heterocycles. The first-order chi connectivity index (χ1) is 8.00. The number of carbonyl (C=O) groups is 2. The zero-order valence-corrected chi connectivity index (χ0v) is 11.2. The molecule has 1 aromatic carbocycles. The van der Waals surface area contributed by atoms with Crippen LogP contribution in [0.1, 0.15) is 19.4 Å². The second-order valence-electron chi connectivity index (χ2n) is 4.08. The van der Waals surface area contributed by atoms with E-state index >= 15 is 0 Å². The predicted octanol–water partition coefficient (Wildman–Crippen LogP) is 2.65. The molecular weight excluding hydrogens is 282 g/mol. The van der Waals surface area contributed by atoms with Gasteiger partial charge in [-0.05, 0) is 31.5 Å². The topological polar surface area (TPSA) is 37.4 Å². The van der Waals surface area contributed by atoms with Gasteiger partial charge in [0.2, 0.25) is 0 Å². The van der Waals surface area contributed by atoms with Crippen LogP contribution in [-0.2, 0) is 16.1 Å². The van der Waals surface area contributed by atoms with Gasteiger partial charge in [0, 0.05) is 15.6 Å². The highest BCUT2D eigenvalue weighted by molar-refractivity contribution is 9.10. The summed E-state index contributed by atoms with van der Waals surface area (Å²) in [4.78, 5) is 25.0. The largest absolute Gasteiger partial charge is 0.270 e. The average Bonchev–Trinajstić information content (AvgIpc) is 2.47. The van der Waals surface area contributed by atoms with Crippen molar-refractivity contribution in [2.75, 3.05) is 0 Å². The quantitative estimate of drug-likeness (QED) is 0.786. The number of hydrogen-bond acceptors (Lipinski definition) is 2. The van der Waals surface area contributed by atoms with E-state index in [1.54, 1.807) is 13.8 Å². The summed E-state index contributed by atoms with van der Waals surface area (Å²) in [6.45, 7) is 3.71. The minimum Gasteiger partial charge on any atom is -0.270 e. The summed E-state index contributed by atoms with van der Waals surface area (Å²) < 4.78 is 0.940. The van der Waals surface area contributed by atoms with Gasteiger partial charge in [0.05, 0.1) is 6.54 Å². The summed E-state index contributed by atoms with van der Waals surface area (Å²) >= 11 is 3.37. The van der Waals surface area contributed by atoms with Crippen molar-refractivity contribution >= 4 is 27.7 Å². The van der Waals surface area contributed by atoms with Gasteiger partial charge in [-0.3, -0.25) is 14.5 Å². The molecule has 0 saturated carbocycles. The Morgan fingerprint density at radius 3 is 2.24 bits per heavy atom. The Balaban J connectivity index is 2.22. The van der Waals surface area contributed by atoms with Crippen LogP contribution in [0.4, 0.5) is 0 Å². The maximum absolute atomic E-state index is 11.9. The third-order valence-corrected chi connectivity index (χ3v) is 3.42. The number of nitrogens with zero attached hydrogens (tertiary/aromatic N) is 1. The van der Waals surface area contributed by atoms with Crippen LogP contribution in [0.3, 0.4) is 0 Å². The Hall–Kier alpha value is -1.42. The lowest BCUT2D eigenvalue weighted by atomic mass is 10.2. The van der Waals surface area contributed by atoms with E-state index in [2.05, 4.69) is 15.9 Å². The second-order valence-corrected chi connectivity index (χ2v) is 4.99. The molecule has 2 amide bonds. The molecule has 0 saturated heterocycles. The van der Waals surface area contributed by atoms with Crippen LogP contribution in [0.5, 0.6) is 0 Å². The summed E-state index contributed by atoms with van der Waals surface area (Å²) in [6.07, 6.45) is 0. The van der Waals surface area contributed by atoms with E-state index in [0.717, 1.165) is 10.0 Å². The van der Waals surface area contributed by atoms with Crippen molar-refractivity contribution in [3.05, 3.63) is 45.4 Å². The molecule has 0 atom stereocenters. The van der Waals surface area contributed by atoms with Crippen LogP contribution >= 0.6 is 15.9 Å². The van der Waals surface area contributed by atoms with Crippen LogP contribution in [0.15, 0.2) is 39.9 Å². The van der Waals surface area contributed by atoms with Crippen molar-refractivity contribution < 1.29 is 9.59 Å². The van der Waals surface area contributed by atoms with Crippen LogP contribution in [-0.4, -0.2) is 16.7 Å². The Morgan fingerprint density at radius 2 is 1.71 bits per heavy atom. The summed E-state index contributed by atoms with van der Waals surface area (Å²) in [7, 11) is 0. The van der Waals surface area contributed by atoms with Gasteiger partial charge in [-0.15, -0.1) is 0 Å². The van der Waals surface area contributed by atoms with Crippen LogP contribution < -0.4 is 0 Å². The first-order valence-electron chi connectivity index (χ1n) is 5.29.